The zero-order chi connectivity index (χ0) is 19.3. The van der Waals surface area contributed by atoms with Crippen LogP contribution >= 0.6 is 11.8 Å². The summed E-state index contributed by atoms with van der Waals surface area (Å²) in [4.78, 5) is 19.6. The molecular weight excluding hydrogens is 368 g/mol. The van der Waals surface area contributed by atoms with Crippen molar-refractivity contribution in [2.45, 2.75) is 36.0 Å². The van der Waals surface area contributed by atoms with Crippen molar-refractivity contribution < 1.29 is 9.53 Å². The first kappa shape index (κ1) is 19.3. The lowest BCUT2D eigenvalue weighted by Gasteiger charge is -2.35. The molecule has 0 aromatic heterocycles. The van der Waals surface area contributed by atoms with E-state index in [0.717, 1.165) is 45.4 Å². The predicted octanol–water partition coefficient (Wildman–Crippen LogP) is 4.95. The lowest BCUT2D eigenvalue weighted by atomic mass is 9.98. The molecule has 0 aliphatic carbocycles. The molecule has 28 heavy (non-hydrogen) atoms. The molecule has 0 bridgehead atoms. The maximum absolute atomic E-state index is 12.1. The fraction of sp³-hybridized carbons (Fsp3) is 0.435. The minimum absolute atomic E-state index is 0.0249. The molecule has 2 aliphatic rings. The highest BCUT2D eigenvalue weighted by molar-refractivity contribution is 7.99. The third-order valence-electron chi connectivity index (χ3n) is 5.51. The Morgan fingerprint density at radius 3 is 2.43 bits per heavy atom. The van der Waals surface area contributed by atoms with Gasteiger partial charge in [0.05, 0.1) is 23.9 Å². The third-order valence-corrected chi connectivity index (χ3v) is 6.64. The van der Waals surface area contributed by atoms with Crippen LogP contribution in [0.1, 0.15) is 26.2 Å². The third kappa shape index (κ3) is 4.20. The highest BCUT2D eigenvalue weighted by atomic mass is 32.2. The average Bonchev–Trinajstić information content (AvgIpc) is 2.73. The molecule has 0 N–H and O–H groups in total. The van der Waals surface area contributed by atoms with Gasteiger partial charge in [-0.05, 0) is 63.5 Å². The van der Waals surface area contributed by atoms with E-state index in [9.17, 15) is 4.79 Å². The molecule has 1 unspecified atom stereocenters. The maximum atomic E-state index is 12.1. The highest BCUT2D eigenvalue weighted by Crippen LogP contribution is 2.47. The van der Waals surface area contributed by atoms with Gasteiger partial charge in [0, 0.05) is 22.9 Å². The van der Waals surface area contributed by atoms with Crippen molar-refractivity contribution >= 4 is 29.1 Å². The Hall–Kier alpha value is -1.98. The predicted molar refractivity (Wildman–Crippen MR) is 114 cm³/mol. The van der Waals surface area contributed by atoms with Gasteiger partial charge < -0.3 is 14.5 Å². The van der Waals surface area contributed by atoms with E-state index in [1.807, 2.05) is 18.7 Å². The first-order chi connectivity index (χ1) is 13.8. The average molecular weight is 397 g/mol. The second-order valence-electron chi connectivity index (χ2n) is 7.43. The Balaban J connectivity index is 1.39. The fourth-order valence-corrected chi connectivity index (χ4v) is 5.28. The van der Waals surface area contributed by atoms with Crippen LogP contribution in [-0.2, 0) is 9.53 Å². The Kier molecular flexibility index (Phi) is 6.23. The van der Waals surface area contributed by atoms with Crippen LogP contribution in [0, 0.1) is 5.92 Å². The maximum Gasteiger partial charge on any atom is 0.310 e. The monoisotopic (exact) mass is 396 g/mol. The van der Waals surface area contributed by atoms with Gasteiger partial charge in [-0.1, -0.05) is 36.0 Å². The minimum Gasteiger partial charge on any atom is -0.466 e. The van der Waals surface area contributed by atoms with Crippen molar-refractivity contribution in [3.8, 4) is 0 Å². The summed E-state index contributed by atoms with van der Waals surface area (Å²) in [5.41, 5.74) is 2.60. The molecular formula is C23H28N2O2S. The molecule has 148 valence electrons. The van der Waals surface area contributed by atoms with E-state index in [1.165, 1.54) is 21.2 Å². The largest absolute Gasteiger partial charge is 0.466 e. The Morgan fingerprint density at radius 2 is 1.75 bits per heavy atom. The highest BCUT2D eigenvalue weighted by Gasteiger charge is 2.27. The van der Waals surface area contributed by atoms with Crippen LogP contribution in [0.5, 0.6) is 0 Å². The van der Waals surface area contributed by atoms with E-state index in [2.05, 4.69) is 58.3 Å². The molecule has 2 aromatic carbocycles. The molecule has 4 rings (SSSR count). The second-order valence-corrected chi connectivity index (χ2v) is 8.52. The summed E-state index contributed by atoms with van der Waals surface area (Å²) in [7, 11) is 0. The molecule has 5 heteroatoms. The fourth-order valence-electron chi connectivity index (χ4n) is 4.19. The molecule has 0 spiro atoms. The topological polar surface area (TPSA) is 32.8 Å². The number of esters is 1. The van der Waals surface area contributed by atoms with Crippen molar-refractivity contribution in [2.24, 2.45) is 5.92 Å². The SMILES string of the molecule is CCOC(=O)C1CCCN(CCCN2c3ccccc3Sc3ccccc32)C1. The molecule has 2 aliphatic heterocycles. The van der Waals surface area contributed by atoms with Crippen LogP contribution in [0.4, 0.5) is 11.4 Å². The number of likely N-dealkylation sites (tertiary alicyclic amines) is 1. The van der Waals surface area contributed by atoms with E-state index >= 15 is 0 Å². The summed E-state index contributed by atoms with van der Waals surface area (Å²) in [5.74, 6) is 0.0182. The number of nitrogens with zero attached hydrogens (tertiary/aromatic N) is 2. The van der Waals surface area contributed by atoms with Crippen LogP contribution in [-0.4, -0.2) is 43.7 Å². The second kappa shape index (κ2) is 9.01. The number of ether oxygens (including phenoxy) is 1. The summed E-state index contributed by atoms with van der Waals surface area (Å²) >= 11 is 1.85. The molecule has 1 atom stereocenters. The van der Waals surface area contributed by atoms with Gasteiger partial charge in [-0.3, -0.25) is 4.79 Å². The summed E-state index contributed by atoms with van der Waals surface area (Å²) in [6.07, 6.45) is 3.11. The molecule has 4 nitrogen and oxygen atoms in total. The number of benzene rings is 2. The van der Waals surface area contributed by atoms with Gasteiger partial charge in [0.25, 0.3) is 0 Å². The summed E-state index contributed by atoms with van der Waals surface area (Å²) in [6.45, 7) is 6.27. The number of rotatable bonds is 6. The summed E-state index contributed by atoms with van der Waals surface area (Å²) < 4.78 is 5.23. The number of hydrogen-bond acceptors (Lipinski definition) is 5. The number of piperidine rings is 1. The number of carbonyl (C=O) groups is 1. The number of para-hydroxylation sites is 2. The molecule has 2 heterocycles. The zero-order valence-electron chi connectivity index (χ0n) is 16.5. The molecule has 0 saturated carbocycles. The quantitative estimate of drug-likeness (QED) is 0.645. The number of hydrogen-bond donors (Lipinski definition) is 0. The number of fused-ring (bicyclic) bond motifs is 2. The zero-order valence-corrected chi connectivity index (χ0v) is 17.3. The molecule has 2 aromatic rings. The van der Waals surface area contributed by atoms with Gasteiger partial charge in [-0.2, -0.15) is 0 Å². The van der Waals surface area contributed by atoms with Crippen LogP contribution in [0.15, 0.2) is 58.3 Å². The van der Waals surface area contributed by atoms with E-state index in [-0.39, 0.29) is 11.9 Å². The van der Waals surface area contributed by atoms with Gasteiger partial charge in [0.15, 0.2) is 0 Å². The molecule has 0 amide bonds. The van der Waals surface area contributed by atoms with Crippen LogP contribution in [0.25, 0.3) is 0 Å². The van der Waals surface area contributed by atoms with Crippen molar-refractivity contribution in [3.05, 3.63) is 48.5 Å². The van der Waals surface area contributed by atoms with Gasteiger partial charge in [-0.25, -0.2) is 0 Å². The van der Waals surface area contributed by atoms with Crippen molar-refractivity contribution in [3.63, 3.8) is 0 Å². The Morgan fingerprint density at radius 1 is 1.07 bits per heavy atom. The smallest absolute Gasteiger partial charge is 0.310 e. The lowest BCUT2D eigenvalue weighted by molar-refractivity contribution is -0.149. The number of anilines is 2. The van der Waals surface area contributed by atoms with Gasteiger partial charge in [0.2, 0.25) is 0 Å². The first-order valence-electron chi connectivity index (χ1n) is 10.3. The van der Waals surface area contributed by atoms with Crippen molar-refractivity contribution in [2.75, 3.05) is 37.7 Å². The minimum atomic E-state index is -0.0249. The Bertz CT molecular complexity index is 780. The van der Waals surface area contributed by atoms with Crippen molar-refractivity contribution in [1.82, 2.24) is 4.90 Å². The Labute approximate surface area is 171 Å². The van der Waals surface area contributed by atoms with E-state index in [0.29, 0.717) is 6.61 Å². The van der Waals surface area contributed by atoms with Crippen LogP contribution < -0.4 is 4.90 Å². The van der Waals surface area contributed by atoms with E-state index < -0.39 is 0 Å². The molecule has 1 fully saturated rings. The van der Waals surface area contributed by atoms with Crippen LogP contribution in [0.3, 0.4) is 0 Å². The summed E-state index contributed by atoms with van der Waals surface area (Å²) in [6, 6.07) is 17.3. The van der Waals surface area contributed by atoms with Gasteiger partial charge in [0.1, 0.15) is 0 Å². The molecule has 1 saturated heterocycles. The first-order valence-corrected chi connectivity index (χ1v) is 11.1. The van der Waals surface area contributed by atoms with Gasteiger partial charge in [-0.15, -0.1) is 0 Å². The van der Waals surface area contributed by atoms with Crippen molar-refractivity contribution in [1.29, 1.82) is 0 Å². The molecule has 0 radical (unpaired) electrons. The number of carbonyl (C=O) groups excluding carboxylic acids is 1. The standard InChI is InChI=1S/C23H28N2O2S/c1-2-27-23(26)18-9-7-14-24(17-18)15-8-16-25-19-10-3-5-12-21(19)28-22-13-6-4-11-20(22)25/h3-6,10-13,18H,2,7-9,14-17H2,1H3. The normalized spacial score (nSPS) is 19.0. The van der Waals surface area contributed by atoms with Gasteiger partial charge >= 0.3 is 5.97 Å². The van der Waals surface area contributed by atoms with E-state index in [1.54, 1.807) is 0 Å². The van der Waals surface area contributed by atoms with E-state index in [4.69, 9.17) is 4.74 Å². The lowest BCUT2D eigenvalue weighted by Crippen LogP contribution is -2.40. The summed E-state index contributed by atoms with van der Waals surface area (Å²) in [5, 5.41) is 0. The van der Waals surface area contributed by atoms with Crippen LogP contribution in [0.2, 0.25) is 0 Å².